The Morgan fingerprint density at radius 1 is 1.70 bits per heavy atom. The summed E-state index contributed by atoms with van der Waals surface area (Å²) >= 11 is 6.33. The van der Waals surface area contributed by atoms with E-state index in [0.29, 0.717) is 5.92 Å². The standard InChI is InChI=1S/C7H15NS2/c8-3-7(4-9)6-1-2-10-5-6/h6-7,9H,1-5,8H2. The zero-order chi connectivity index (χ0) is 7.40. The van der Waals surface area contributed by atoms with Gasteiger partial charge in [-0.3, -0.25) is 0 Å². The normalized spacial score (nSPS) is 28.8. The lowest BCUT2D eigenvalue weighted by Gasteiger charge is -2.17. The third kappa shape index (κ3) is 2.07. The molecule has 1 saturated heterocycles. The topological polar surface area (TPSA) is 26.0 Å². The average Bonchev–Trinajstić information content (AvgIpc) is 2.43. The van der Waals surface area contributed by atoms with Crippen molar-refractivity contribution in [3.8, 4) is 0 Å². The zero-order valence-corrected chi connectivity index (χ0v) is 7.83. The number of rotatable bonds is 3. The van der Waals surface area contributed by atoms with Crippen molar-refractivity contribution in [3.63, 3.8) is 0 Å². The Hall–Kier alpha value is 0.660. The SMILES string of the molecule is NCC(CS)C1CCSC1. The van der Waals surface area contributed by atoms with Crippen molar-refractivity contribution in [1.82, 2.24) is 0 Å². The molecule has 10 heavy (non-hydrogen) atoms. The van der Waals surface area contributed by atoms with Gasteiger partial charge in [0, 0.05) is 0 Å². The largest absolute Gasteiger partial charge is 0.330 e. The molecule has 1 aliphatic rings. The first-order valence-electron chi connectivity index (χ1n) is 3.77. The summed E-state index contributed by atoms with van der Waals surface area (Å²) in [6, 6.07) is 0. The summed E-state index contributed by atoms with van der Waals surface area (Å²) in [7, 11) is 0. The molecule has 1 rings (SSSR count). The van der Waals surface area contributed by atoms with Gasteiger partial charge in [0.1, 0.15) is 0 Å². The molecule has 0 radical (unpaired) electrons. The summed E-state index contributed by atoms with van der Waals surface area (Å²) in [6.45, 7) is 0.814. The van der Waals surface area contributed by atoms with Crippen molar-refractivity contribution in [3.05, 3.63) is 0 Å². The number of thiol groups is 1. The minimum atomic E-state index is 0.665. The first-order valence-corrected chi connectivity index (χ1v) is 5.56. The molecule has 0 aromatic rings. The molecule has 1 nitrogen and oxygen atoms in total. The van der Waals surface area contributed by atoms with E-state index in [1.165, 1.54) is 17.9 Å². The lowest BCUT2D eigenvalue weighted by Crippen LogP contribution is -2.24. The van der Waals surface area contributed by atoms with E-state index in [0.717, 1.165) is 18.2 Å². The predicted molar refractivity (Wildman–Crippen MR) is 51.8 cm³/mol. The highest BCUT2D eigenvalue weighted by molar-refractivity contribution is 7.99. The number of thioether (sulfide) groups is 1. The molecule has 0 aromatic carbocycles. The second-order valence-corrected chi connectivity index (χ2v) is 4.32. The van der Waals surface area contributed by atoms with Gasteiger partial charge in [0.05, 0.1) is 0 Å². The van der Waals surface area contributed by atoms with Crippen LogP contribution in [0.5, 0.6) is 0 Å². The van der Waals surface area contributed by atoms with Crippen molar-refractivity contribution in [2.45, 2.75) is 6.42 Å². The molecule has 2 N–H and O–H groups in total. The molecule has 2 atom stereocenters. The molecule has 1 aliphatic heterocycles. The third-order valence-corrected chi connectivity index (χ3v) is 3.83. The molecule has 1 heterocycles. The van der Waals surface area contributed by atoms with Crippen molar-refractivity contribution in [1.29, 1.82) is 0 Å². The lowest BCUT2D eigenvalue weighted by atomic mass is 9.94. The summed E-state index contributed by atoms with van der Waals surface area (Å²) in [5, 5.41) is 0. The van der Waals surface area contributed by atoms with Gasteiger partial charge in [0.2, 0.25) is 0 Å². The smallest absolute Gasteiger partial charge is 0.00354 e. The van der Waals surface area contributed by atoms with Crippen LogP contribution < -0.4 is 5.73 Å². The van der Waals surface area contributed by atoms with Crippen LogP contribution >= 0.6 is 24.4 Å². The van der Waals surface area contributed by atoms with E-state index in [9.17, 15) is 0 Å². The molecule has 0 bridgehead atoms. The van der Waals surface area contributed by atoms with Crippen LogP contribution in [0.4, 0.5) is 0 Å². The van der Waals surface area contributed by atoms with E-state index in [2.05, 4.69) is 24.4 Å². The van der Waals surface area contributed by atoms with E-state index >= 15 is 0 Å². The van der Waals surface area contributed by atoms with Gasteiger partial charge < -0.3 is 5.73 Å². The van der Waals surface area contributed by atoms with E-state index < -0.39 is 0 Å². The Morgan fingerprint density at radius 2 is 2.50 bits per heavy atom. The first-order chi connectivity index (χ1) is 4.88. The Bertz CT molecular complexity index is 87.6. The monoisotopic (exact) mass is 177 g/mol. The van der Waals surface area contributed by atoms with Gasteiger partial charge in [-0.2, -0.15) is 24.4 Å². The van der Waals surface area contributed by atoms with Gasteiger partial charge in [-0.15, -0.1) is 0 Å². The van der Waals surface area contributed by atoms with Gasteiger partial charge >= 0.3 is 0 Å². The van der Waals surface area contributed by atoms with Crippen LogP contribution in [0, 0.1) is 11.8 Å². The van der Waals surface area contributed by atoms with Crippen LogP contribution in [-0.4, -0.2) is 23.8 Å². The quantitative estimate of drug-likeness (QED) is 0.634. The highest BCUT2D eigenvalue weighted by Gasteiger charge is 2.22. The van der Waals surface area contributed by atoms with E-state index in [-0.39, 0.29) is 0 Å². The second kappa shape index (κ2) is 4.52. The predicted octanol–water partition coefficient (Wildman–Crippen LogP) is 1.24. The summed E-state index contributed by atoms with van der Waals surface area (Å²) in [5.41, 5.74) is 5.60. The summed E-state index contributed by atoms with van der Waals surface area (Å²) in [5.74, 6) is 5.12. The summed E-state index contributed by atoms with van der Waals surface area (Å²) in [4.78, 5) is 0. The molecule has 2 unspecified atom stereocenters. The Labute approximate surface area is 72.5 Å². The Balaban J connectivity index is 2.29. The van der Waals surface area contributed by atoms with Gasteiger partial charge in [-0.1, -0.05) is 0 Å². The molecule has 0 saturated carbocycles. The van der Waals surface area contributed by atoms with Gasteiger partial charge in [0.15, 0.2) is 0 Å². The minimum Gasteiger partial charge on any atom is -0.330 e. The average molecular weight is 177 g/mol. The van der Waals surface area contributed by atoms with Crippen LogP contribution in [0.3, 0.4) is 0 Å². The molecule has 1 fully saturated rings. The summed E-state index contributed by atoms with van der Waals surface area (Å²) < 4.78 is 0. The van der Waals surface area contributed by atoms with Crippen LogP contribution in [-0.2, 0) is 0 Å². The van der Waals surface area contributed by atoms with E-state index in [4.69, 9.17) is 5.73 Å². The summed E-state index contributed by atoms with van der Waals surface area (Å²) in [6.07, 6.45) is 1.35. The van der Waals surface area contributed by atoms with Gasteiger partial charge in [-0.05, 0) is 42.1 Å². The van der Waals surface area contributed by atoms with E-state index in [1.54, 1.807) is 0 Å². The molecule has 0 amide bonds. The number of hydrogen-bond donors (Lipinski definition) is 2. The van der Waals surface area contributed by atoms with Crippen LogP contribution in [0.15, 0.2) is 0 Å². The highest BCUT2D eigenvalue weighted by Crippen LogP contribution is 2.29. The maximum atomic E-state index is 5.60. The Kier molecular flexibility index (Phi) is 3.96. The molecule has 0 aliphatic carbocycles. The maximum absolute atomic E-state index is 5.60. The third-order valence-electron chi connectivity index (χ3n) is 2.17. The van der Waals surface area contributed by atoms with Crippen molar-refractivity contribution in [2.75, 3.05) is 23.8 Å². The molecule has 0 aromatic heterocycles. The minimum absolute atomic E-state index is 0.665. The van der Waals surface area contributed by atoms with Crippen LogP contribution in [0.2, 0.25) is 0 Å². The van der Waals surface area contributed by atoms with Gasteiger partial charge in [0.25, 0.3) is 0 Å². The molecule has 0 spiro atoms. The molecular weight excluding hydrogens is 162 g/mol. The molecule has 3 heteroatoms. The maximum Gasteiger partial charge on any atom is -0.00354 e. The first kappa shape index (κ1) is 8.75. The van der Waals surface area contributed by atoms with Gasteiger partial charge in [-0.25, -0.2) is 0 Å². The fraction of sp³-hybridized carbons (Fsp3) is 1.00. The van der Waals surface area contributed by atoms with Crippen LogP contribution in [0.25, 0.3) is 0 Å². The van der Waals surface area contributed by atoms with Crippen LogP contribution in [0.1, 0.15) is 6.42 Å². The molecule has 60 valence electrons. The fourth-order valence-electron chi connectivity index (χ4n) is 1.34. The fourth-order valence-corrected chi connectivity index (χ4v) is 3.17. The number of nitrogens with two attached hydrogens (primary N) is 1. The van der Waals surface area contributed by atoms with Crippen molar-refractivity contribution in [2.24, 2.45) is 17.6 Å². The second-order valence-electron chi connectivity index (χ2n) is 2.80. The van der Waals surface area contributed by atoms with Crippen molar-refractivity contribution < 1.29 is 0 Å². The highest BCUT2D eigenvalue weighted by atomic mass is 32.2. The van der Waals surface area contributed by atoms with E-state index in [1.807, 2.05) is 0 Å². The number of hydrogen-bond acceptors (Lipinski definition) is 3. The molecular formula is C7H15NS2. The van der Waals surface area contributed by atoms with Crippen molar-refractivity contribution >= 4 is 24.4 Å². The Morgan fingerprint density at radius 3 is 2.90 bits per heavy atom. The zero-order valence-electron chi connectivity index (χ0n) is 6.12. The lowest BCUT2D eigenvalue weighted by molar-refractivity contribution is 0.413.